The summed E-state index contributed by atoms with van der Waals surface area (Å²) in [5.74, 6) is 0.342. The lowest BCUT2D eigenvalue weighted by Crippen LogP contribution is -2.21. The van der Waals surface area contributed by atoms with Gasteiger partial charge in [-0.2, -0.15) is 5.10 Å². The molecule has 3 rings (SSSR count). The minimum absolute atomic E-state index is 0.0226. The van der Waals surface area contributed by atoms with Crippen LogP contribution < -0.4 is 15.4 Å². The fraction of sp³-hybridized carbons (Fsp3) is 0.421. The van der Waals surface area contributed by atoms with Crippen LogP contribution >= 0.6 is 0 Å². The minimum atomic E-state index is -0.379. The van der Waals surface area contributed by atoms with Crippen molar-refractivity contribution in [2.45, 2.75) is 32.6 Å². The molecule has 1 amide bonds. The number of benzene rings is 1. The third kappa shape index (κ3) is 4.29. The van der Waals surface area contributed by atoms with Crippen LogP contribution in [-0.4, -0.2) is 41.6 Å². The lowest BCUT2D eigenvalue weighted by molar-refractivity contribution is 0.0955. The van der Waals surface area contributed by atoms with Gasteiger partial charge in [0.05, 0.1) is 5.56 Å². The number of hydrogen-bond donors (Lipinski definition) is 3. The fourth-order valence-corrected chi connectivity index (χ4v) is 2.94. The maximum Gasteiger partial charge on any atom is 0.276 e. The lowest BCUT2D eigenvalue weighted by atomic mass is 9.94. The first-order chi connectivity index (χ1) is 12.7. The highest BCUT2D eigenvalue weighted by molar-refractivity contribution is 6.12. The Morgan fingerprint density at radius 2 is 2.04 bits per heavy atom. The second-order valence-electron chi connectivity index (χ2n) is 6.28. The number of carbonyl (C=O) groups is 2. The number of hydrogen-bond acceptors (Lipinski definition) is 5. The number of H-pyrrole nitrogens is 1. The van der Waals surface area contributed by atoms with Gasteiger partial charge in [-0.1, -0.05) is 6.92 Å². The Labute approximate surface area is 152 Å². The molecule has 1 aliphatic carbocycles. The molecule has 0 saturated carbocycles. The van der Waals surface area contributed by atoms with Crippen LogP contribution in [-0.2, 0) is 6.42 Å². The molecule has 0 bridgehead atoms. The molecule has 0 atom stereocenters. The molecule has 0 aliphatic heterocycles. The third-order valence-electron chi connectivity index (χ3n) is 4.25. The molecule has 1 aromatic heterocycles. The summed E-state index contributed by atoms with van der Waals surface area (Å²) in [6.45, 7) is 4.49. The Hall–Kier alpha value is -2.67. The van der Waals surface area contributed by atoms with Crippen LogP contribution in [0, 0.1) is 0 Å². The Balaban J connectivity index is 1.57. The van der Waals surface area contributed by atoms with Crippen LogP contribution in [0.2, 0.25) is 0 Å². The van der Waals surface area contributed by atoms with E-state index in [0.717, 1.165) is 43.8 Å². The number of Topliss-reactive ketones (excluding diaryl/α,β-unsaturated/α-hetero) is 1. The van der Waals surface area contributed by atoms with Gasteiger partial charge >= 0.3 is 0 Å². The molecule has 0 radical (unpaired) electrons. The summed E-state index contributed by atoms with van der Waals surface area (Å²) in [6, 6.07) is 7.16. The molecular formula is C19H24N4O3. The maximum absolute atomic E-state index is 12.5. The summed E-state index contributed by atoms with van der Waals surface area (Å²) < 4.78 is 5.64. The number of ketones is 1. The summed E-state index contributed by atoms with van der Waals surface area (Å²) in [7, 11) is 0. The molecule has 0 fully saturated rings. The number of anilines is 1. The quantitative estimate of drug-likeness (QED) is 0.632. The number of rotatable bonds is 8. The van der Waals surface area contributed by atoms with Crippen molar-refractivity contribution in [1.29, 1.82) is 0 Å². The van der Waals surface area contributed by atoms with Crippen LogP contribution in [0.3, 0.4) is 0 Å². The highest BCUT2D eigenvalue weighted by atomic mass is 16.5. The zero-order valence-corrected chi connectivity index (χ0v) is 14.9. The van der Waals surface area contributed by atoms with E-state index in [1.165, 1.54) is 0 Å². The van der Waals surface area contributed by atoms with Crippen LogP contribution in [0.15, 0.2) is 24.3 Å². The van der Waals surface area contributed by atoms with Gasteiger partial charge in [-0.25, -0.2) is 0 Å². The lowest BCUT2D eigenvalue weighted by Gasteiger charge is -2.11. The maximum atomic E-state index is 12.5. The monoisotopic (exact) mass is 356 g/mol. The minimum Gasteiger partial charge on any atom is -0.492 e. The standard InChI is InChI=1S/C19H24N4O3/c1-2-10-20-11-12-26-14-8-6-13(7-9-14)21-19(25)18-17-15(22-23-18)4-3-5-16(17)24/h6-9,20H,2-5,10-12H2,1H3,(H,21,25)(H,22,23). The van der Waals surface area contributed by atoms with Gasteiger partial charge in [-0.05, 0) is 50.1 Å². The number of fused-ring (bicyclic) bond motifs is 1. The predicted octanol–water partition coefficient (Wildman–Crippen LogP) is 2.56. The van der Waals surface area contributed by atoms with Crippen molar-refractivity contribution < 1.29 is 14.3 Å². The number of carbonyl (C=O) groups excluding carboxylic acids is 2. The van der Waals surface area contributed by atoms with Gasteiger partial charge in [0.25, 0.3) is 5.91 Å². The molecular weight excluding hydrogens is 332 g/mol. The normalized spacial score (nSPS) is 13.3. The van der Waals surface area contributed by atoms with E-state index in [-0.39, 0.29) is 17.4 Å². The van der Waals surface area contributed by atoms with E-state index in [1.54, 1.807) is 24.3 Å². The fourth-order valence-electron chi connectivity index (χ4n) is 2.94. The van der Waals surface area contributed by atoms with E-state index < -0.39 is 0 Å². The summed E-state index contributed by atoms with van der Waals surface area (Å²) in [5, 5.41) is 12.9. The van der Waals surface area contributed by atoms with Gasteiger partial charge in [0, 0.05) is 24.3 Å². The first kappa shape index (κ1) is 18.1. The van der Waals surface area contributed by atoms with Gasteiger partial charge < -0.3 is 15.4 Å². The Bertz CT molecular complexity index is 768. The Kier molecular flexibility index (Phi) is 6.01. The molecule has 26 heavy (non-hydrogen) atoms. The highest BCUT2D eigenvalue weighted by Gasteiger charge is 2.27. The van der Waals surface area contributed by atoms with E-state index in [4.69, 9.17) is 4.74 Å². The van der Waals surface area contributed by atoms with E-state index in [9.17, 15) is 9.59 Å². The van der Waals surface area contributed by atoms with E-state index in [0.29, 0.717) is 24.3 Å². The van der Waals surface area contributed by atoms with Gasteiger partial charge in [0.15, 0.2) is 11.5 Å². The molecule has 1 heterocycles. The Morgan fingerprint density at radius 3 is 2.81 bits per heavy atom. The zero-order chi connectivity index (χ0) is 18.4. The first-order valence-corrected chi connectivity index (χ1v) is 9.04. The van der Waals surface area contributed by atoms with Crippen molar-refractivity contribution in [2.75, 3.05) is 25.0 Å². The smallest absolute Gasteiger partial charge is 0.276 e. The van der Waals surface area contributed by atoms with E-state index in [2.05, 4.69) is 27.8 Å². The summed E-state index contributed by atoms with van der Waals surface area (Å²) >= 11 is 0. The SMILES string of the molecule is CCCNCCOc1ccc(NC(=O)c2n[nH]c3c2C(=O)CCC3)cc1. The summed E-state index contributed by atoms with van der Waals surface area (Å²) in [5.41, 5.74) is 2.00. The van der Waals surface area contributed by atoms with Gasteiger partial charge in [0.2, 0.25) is 0 Å². The van der Waals surface area contributed by atoms with Crippen molar-refractivity contribution in [3.05, 3.63) is 41.2 Å². The number of ether oxygens (including phenoxy) is 1. The van der Waals surface area contributed by atoms with Crippen LogP contribution in [0.1, 0.15) is 52.7 Å². The number of aromatic nitrogens is 2. The second-order valence-corrected chi connectivity index (χ2v) is 6.28. The summed E-state index contributed by atoms with van der Waals surface area (Å²) in [6.07, 6.45) is 3.11. The van der Waals surface area contributed by atoms with E-state index >= 15 is 0 Å². The average molecular weight is 356 g/mol. The van der Waals surface area contributed by atoms with Crippen molar-refractivity contribution in [1.82, 2.24) is 15.5 Å². The zero-order valence-electron chi connectivity index (χ0n) is 14.9. The molecule has 1 aromatic carbocycles. The van der Waals surface area contributed by atoms with Crippen molar-refractivity contribution in [3.8, 4) is 5.75 Å². The van der Waals surface area contributed by atoms with Crippen LogP contribution in [0.4, 0.5) is 5.69 Å². The number of aryl methyl sites for hydroxylation is 1. The highest BCUT2D eigenvalue weighted by Crippen LogP contribution is 2.23. The van der Waals surface area contributed by atoms with Gasteiger partial charge in [0.1, 0.15) is 12.4 Å². The molecule has 7 heteroatoms. The van der Waals surface area contributed by atoms with Gasteiger partial charge in [-0.15, -0.1) is 0 Å². The molecule has 7 nitrogen and oxygen atoms in total. The van der Waals surface area contributed by atoms with Crippen LogP contribution in [0.25, 0.3) is 0 Å². The number of nitrogens with one attached hydrogen (secondary N) is 3. The first-order valence-electron chi connectivity index (χ1n) is 9.04. The molecule has 1 aliphatic rings. The van der Waals surface area contributed by atoms with Crippen molar-refractivity contribution in [3.63, 3.8) is 0 Å². The molecule has 0 spiro atoms. The number of aromatic amines is 1. The van der Waals surface area contributed by atoms with E-state index in [1.807, 2.05) is 0 Å². The number of amides is 1. The molecule has 138 valence electrons. The third-order valence-corrected chi connectivity index (χ3v) is 4.25. The number of nitrogens with zero attached hydrogens (tertiary/aromatic N) is 1. The molecule has 2 aromatic rings. The van der Waals surface area contributed by atoms with Gasteiger partial charge in [-0.3, -0.25) is 14.7 Å². The Morgan fingerprint density at radius 1 is 1.23 bits per heavy atom. The van der Waals surface area contributed by atoms with Crippen molar-refractivity contribution in [2.24, 2.45) is 0 Å². The average Bonchev–Trinajstić information content (AvgIpc) is 3.09. The largest absolute Gasteiger partial charge is 0.492 e. The topological polar surface area (TPSA) is 96.1 Å². The van der Waals surface area contributed by atoms with Crippen LogP contribution in [0.5, 0.6) is 5.75 Å². The molecule has 3 N–H and O–H groups in total. The molecule has 0 saturated heterocycles. The second kappa shape index (κ2) is 8.62. The van der Waals surface area contributed by atoms with Crippen molar-refractivity contribution >= 4 is 17.4 Å². The summed E-state index contributed by atoms with van der Waals surface area (Å²) in [4.78, 5) is 24.5. The predicted molar refractivity (Wildman–Crippen MR) is 98.9 cm³/mol. The molecule has 0 unspecified atom stereocenters.